The van der Waals surface area contributed by atoms with Crippen molar-refractivity contribution in [1.29, 1.82) is 0 Å². The second-order valence-electron chi connectivity index (χ2n) is 7.33. The van der Waals surface area contributed by atoms with Crippen LogP contribution in [-0.4, -0.2) is 5.78 Å². The van der Waals surface area contributed by atoms with E-state index in [4.69, 9.17) is 0 Å². The predicted molar refractivity (Wildman–Crippen MR) is 104 cm³/mol. The first-order valence-electron chi connectivity index (χ1n) is 8.70. The van der Waals surface area contributed by atoms with Crippen LogP contribution in [-0.2, 0) is 0 Å². The Bertz CT molecular complexity index is 737. The first-order chi connectivity index (χ1) is 11.0. The summed E-state index contributed by atoms with van der Waals surface area (Å²) >= 11 is 0. The standard InChI is InChI=1S/C23H30O/c1-11-13(3)17(7)21(18(8)14(11)4)23(24)22-19(9)15(5)12(2)16(6)20(22)10/h1-10H3. The molecule has 0 aliphatic rings. The van der Waals surface area contributed by atoms with Gasteiger partial charge in [-0.15, -0.1) is 0 Å². The van der Waals surface area contributed by atoms with Crippen molar-refractivity contribution in [2.24, 2.45) is 0 Å². The van der Waals surface area contributed by atoms with Crippen LogP contribution < -0.4 is 0 Å². The number of hydrogen-bond donors (Lipinski definition) is 0. The van der Waals surface area contributed by atoms with Gasteiger partial charge in [0.15, 0.2) is 5.78 Å². The highest BCUT2D eigenvalue weighted by molar-refractivity contribution is 6.13. The molecule has 0 spiro atoms. The normalized spacial score (nSPS) is 11.1. The number of carbonyl (C=O) groups excluding carboxylic acids is 1. The molecule has 2 aromatic rings. The quantitative estimate of drug-likeness (QED) is 0.620. The molecule has 24 heavy (non-hydrogen) atoms. The van der Waals surface area contributed by atoms with Crippen molar-refractivity contribution in [3.8, 4) is 0 Å². The zero-order valence-corrected chi connectivity index (χ0v) is 16.9. The Kier molecular flexibility index (Phi) is 4.77. The van der Waals surface area contributed by atoms with Gasteiger partial charge in [0.1, 0.15) is 0 Å². The average Bonchev–Trinajstić information content (AvgIpc) is 2.55. The van der Waals surface area contributed by atoms with Crippen LogP contribution in [0, 0.1) is 69.2 Å². The van der Waals surface area contributed by atoms with Crippen molar-refractivity contribution in [3.63, 3.8) is 0 Å². The molecule has 0 saturated heterocycles. The van der Waals surface area contributed by atoms with Crippen LogP contribution in [0.25, 0.3) is 0 Å². The minimum Gasteiger partial charge on any atom is -0.289 e. The Hall–Kier alpha value is -1.89. The van der Waals surface area contributed by atoms with E-state index in [1.54, 1.807) is 0 Å². The van der Waals surface area contributed by atoms with Gasteiger partial charge in [-0.25, -0.2) is 0 Å². The molecular weight excluding hydrogens is 292 g/mol. The van der Waals surface area contributed by atoms with Crippen molar-refractivity contribution in [1.82, 2.24) is 0 Å². The SMILES string of the molecule is Cc1c(C)c(C)c(C(=O)c2c(C)c(C)c(C)c(C)c2C)c(C)c1C. The lowest BCUT2D eigenvalue weighted by Crippen LogP contribution is -2.15. The highest BCUT2D eigenvalue weighted by atomic mass is 16.1. The maximum absolute atomic E-state index is 13.6. The first kappa shape index (κ1) is 18.4. The molecule has 128 valence electrons. The number of carbonyl (C=O) groups is 1. The molecule has 2 rings (SSSR count). The second-order valence-corrected chi connectivity index (χ2v) is 7.33. The largest absolute Gasteiger partial charge is 0.289 e. The fourth-order valence-electron chi connectivity index (χ4n) is 3.81. The van der Waals surface area contributed by atoms with Crippen LogP contribution in [0.3, 0.4) is 0 Å². The third kappa shape index (κ3) is 2.51. The highest BCUT2D eigenvalue weighted by Crippen LogP contribution is 2.32. The van der Waals surface area contributed by atoms with E-state index in [2.05, 4.69) is 69.2 Å². The molecule has 0 aliphatic carbocycles. The summed E-state index contributed by atoms with van der Waals surface area (Å²) in [6.07, 6.45) is 0. The third-order valence-electron chi connectivity index (χ3n) is 6.45. The van der Waals surface area contributed by atoms with E-state index in [0.717, 1.165) is 33.4 Å². The smallest absolute Gasteiger partial charge is 0.194 e. The number of rotatable bonds is 2. The Morgan fingerprint density at radius 2 is 0.542 bits per heavy atom. The molecule has 0 fully saturated rings. The van der Waals surface area contributed by atoms with E-state index < -0.39 is 0 Å². The number of hydrogen-bond acceptors (Lipinski definition) is 1. The van der Waals surface area contributed by atoms with Crippen molar-refractivity contribution in [3.05, 3.63) is 66.8 Å². The maximum Gasteiger partial charge on any atom is 0.194 e. The van der Waals surface area contributed by atoms with E-state index in [1.807, 2.05) is 0 Å². The molecule has 0 saturated carbocycles. The fourth-order valence-corrected chi connectivity index (χ4v) is 3.81. The van der Waals surface area contributed by atoms with Crippen molar-refractivity contribution < 1.29 is 4.79 Å². The van der Waals surface area contributed by atoms with Gasteiger partial charge in [-0.3, -0.25) is 4.79 Å². The Balaban J connectivity index is 2.87. The van der Waals surface area contributed by atoms with Crippen LogP contribution in [0.4, 0.5) is 0 Å². The number of ketones is 1. The summed E-state index contributed by atoms with van der Waals surface area (Å²) < 4.78 is 0. The molecule has 0 amide bonds. The molecular formula is C23H30O. The van der Waals surface area contributed by atoms with E-state index in [9.17, 15) is 4.79 Å². The summed E-state index contributed by atoms with van der Waals surface area (Å²) in [5, 5.41) is 0. The fraction of sp³-hybridized carbons (Fsp3) is 0.435. The van der Waals surface area contributed by atoms with Gasteiger partial charge in [0.05, 0.1) is 0 Å². The van der Waals surface area contributed by atoms with Gasteiger partial charge in [-0.05, 0) is 125 Å². The molecule has 0 radical (unpaired) electrons. The second kappa shape index (κ2) is 6.20. The van der Waals surface area contributed by atoms with Gasteiger partial charge < -0.3 is 0 Å². The lowest BCUT2D eigenvalue weighted by Gasteiger charge is -2.22. The summed E-state index contributed by atoms with van der Waals surface area (Å²) in [5.74, 6) is 0.178. The molecule has 0 atom stereocenters. The molecule has 1 heteroatoms. The average molecular weight is 322 g/mol. The lowest BCUT2D eigenvalue weighted by atomic mass is 9.81. The molecule has 0 N–H and O–H groups in total. The van der Waals surface area contributed by atoms with E-state index in [1.165, 1.54) is 33.4 Å². The Labute approximate surface area is 147 Å². The third-order valence-corrected chi connectivity index (χ3v) is 6.45. The van der Waals surface area contributed by atoms with Crippen LogP contribution in [0.5, 0.6) is 0 Å². The number of benzene rings is 2. The summed E-state index contributed by atoms with van der Waals surface area (Å²) in [4.78, 5) is 13.6. The highest BCUT2D eigenvalue weighted by Gasteiger charge is 2.24. The molecule has 0 unspecified atom stereocenters. The summed E-state index contributed by atoms with van der Waals surface area (Å²) in [6, 6.07) is 0. The Morgan fingerprint density at radius 3 is 0.750 bits per heavy atom. The summed E-state index contributed by atoms with van der Waals surface area (Å²) in [7, 11) is 0. The van der Waals surface area contributed by atoms with Gasteiger partial charge in [-0.2, -0.15) is 0 Å². The molecule has 0 heterocycles. The van der Waals surface area contributed by atoms with E-state index in [-0.39, 0.29) is 5.78 Å². The van der Waals surface area contributed by atoms with Crippen LogP contribution >= 0.6 is 0 Å². The minimum atomic E-state index is 0.178. The minimum absolute atomic E-state index is 0.178. The molecule has 0 aliphatic heterocycles. The predicted octanol–water partition coefficient (Wildman–Crippen LogP) is 6.00. The topological polar surface area (TPSA) is 17.1 Å². The van der Waals surface area contributed by atoms with E-state index in [0.29, 0.717) is 0 Å². The van der Waals surface area contributed by atoms with Gasteiger partial charge in [0.25, 0.3) is 0 Å². The maximum atomic E-state index is 13.6. The Morgan fingerprint density at radius 1 is 0.375 bits per heavy atom. The van der Waals surface area contributed by atoms with Gasteiger partial charge in [0, 0.05) is 11.1 Å². The van der Waals surface area contributed by atoms with Crippen LogP contribution in [0.1, 0.15) is 71.6 Å². The molecule has 1 nitrogen and oxygen atoms in total. The molecule has 0 bridgehead atoms. The van der Waals surface area contributed by atoms with Crippen molar-refractivity contribution in [2.45, 2.75) is 69.2 Å². The zero-order valence-electron chi connectivity index (χ0n) is 16.9. The van der Waals surface area contributed by atoms with Crippen LogP contribution in [0.2, 0.25) is 0 Å². The van der Waals surface area contributed by atoms with Gasteiger partial charge in [-0.1, -0.05) is 0 Å². The van der Waals surface area contributed by atoms with Gasteiger partial charge >= 0.3 is 0 Å². The van der Waals surface area contributed by atoms with Crippen LogP contribution in [0.15, 0.2) is 0 Å². The van der Waals surface area contributed by atoms with Gasteiger partial charge in [0.2, 0.25) is 0 Å². The van der Waals surface area contributed by atoms with Crippen molar-refractivity contribution in [2.75, 3.05) is 0 Å². The lowest BCUT2D eigenvalue weighted by molar-refractivity contribution is 0.103. The summed E-state index contributed by atoms with van der Waals surface area (Å²) in [5.41, 5.74) is 13.8. The van der Waals surface area contributed by atoms with E-state index >= 15 is 0 Å². The van der Waals surface area contributed by atoms with Crippen molar-refractivity contribution >= 4 is 5.78 Å². The first-order valence-corrected chi connectivity index (χ1v) is 8.70. The monoisotopic (exact) mass is 322 g/mol. The summed E-state index contributed by atoms with van der Waals surface area (Å²) in [6.45, 7) is 21.1. The molecule has 2 aromatic carbocycles. The molecule has 0 aromatic heterocycles. The zero-order chi connectivity index (χ0) is 18.5.